The van der Waals surface area contributed by atoms with Crippen molar-refractivity contribution in [3.05, 3.63) is 29.6 Å². The molecular weight excluding hydrogens is 240 g/mol. The largest absolute Gasteiger partial charge is 0.390 e. The number of pyridine rings is 1. The van der Waals surface area contributed by atoms with E-state index in [-0.39, 0.29) is 12.5 Å². The Morgan fingerprint density at radius 2 is 2.21 bits per heavy atom. The molecule has 1 aromatic heterocycles. The van der Waals surface area contributed by atoms with Gasteiger partial charge in [0.2, 0.25) is 0 Å². The average Bonchev–Trinajstić information content (AvgIpc) is 2.97. The number of carbonyl (C=O) groups is 1. The van der Waals surface area contributed by atoms with Crippen LogP contribution in [0.15, 0.2) is 18.3 Å². The Kier molecular flexibility index (Phi) is 4.91. The first-order valence-corrected chi connectivity index (χ1v) is 7.02. The fourth-order valence-corrected chi connectivity index (χ4v) is 2.69. The molecule has 0 unspecified atom stereocenters. The van der Waals surface area contributed by atoms with Crippen molar-refractivity contribution in [2.24, 2.45) is 5.92 Å². The maximum absolute atomic E-state index is 12.2. The fourth-order valence-electron chi connectivity index (χ4n) is 2.69. The zero-order valence-electron chi connectivity index (χ0n) is 11.5. The Labute approximate surface area is 114 Å². The number of hydrogen-bond donors (Lipinski definition) is 1. The van der Waals surface area contributed by atoms with E-state index < -0.39 is 0 Å². The number of carbonyl (C=O) groups excluding carboxylic acids is 1. The molecule has 1 amide bonds. The van der Waals surface area contributed by atoms with Crippen molar-refractivity contribution in [2.45, 2.75) is 38.7 Å². The lowest BCUT2D eigenvalue weighted by Crippen LogP contribution is -2.28. The molecule has 4 nitrogen and oxygen atoms in total. The summed E-state index contributed by atoms with van der Waals surface area (Å²) in [4.78, 5) is 18.0. The molecule has 1 fully saturated rings. The van der Waals surface area contributed by atoms with Crippen molar-refractivity contribution in [3.8, 4) is 0 Å². The van der Waals surface area contributed by atoms with Crippen molar-refractivity contribution in [3.63, 3.8) is 0 Å². The first kappa shape index (κ1) is 14.0. The highest BCUT2D eigenvalue weighted by Crippen LogP contribution is 2.27. The maximum atomic E-state index is 12.2. The summed E-state index contributed by atoms with van der Waals surface area (Å²) in [6.07, 6.45) is 7.97. The van der Waals surface area contributed by atoms with E-state index in [4.69, 9.17) is 5.11 Å². The van der Waals surface area contributed by atoms with E-state index in [2.05, 4.69) is 4.98 Å². The summed E-state index contributed by atoms with van der Waals surface area (Å²) >= 11 is 0. The third kappa shape index (κ3) is 3.77. The predicted octanol–water partition coefficient (Wildman–Crippen LogP) is 2.23. The van der Waals surface area contributed by atoms with Crippen LogP contribution in [-0.2, 0) is 6.61 Å². The van der Waals surface area contributed by atoms with E-state index in [9.17, 15) is 4.79 Å². The van der Waals surface area contributed by atoms with Crippen LogP contribution in [0.5, 0.6) is 0 Å². The molecule has 0 atom stereocenters. The molecule has 0 radical (unpaired) electrons. The van der Waals surface area contributed by atoms with Crippen molar-refractivity contribution in [1.29, 1.82) is 0 Å². The van der Waals surface area contributed by atoms with Crippen LogP contribution in [0.1, 0.15) is 48.2 Å². The highest BCUT2D eigenvalue weighted by Gasteiger charge is 2.17. The second-order valence-electron chi connectivity index (χ2n) is 5.36. The summed E-state index contributed by atoms with van der Waals surface area (Å²) in [7, 11) is 1.84. The number of aliphatic hydroxyl groups excluding tert-OH is 1. The molecule has 1 aliphatic rings. The molecule has 0 spiro atoms. The van der Waals surface area contributed by atoms with Gasteiger partial charge in [0.1, 0.15) is 0 Å². The highest BCUT2D eigenvalue weighted by molar-refractivity contribution is 5.94. The smallest absolute Gasteiger partial charge is 0.253 e. The van der Waals surface area contributed by atoms with Crippen LogP contribution in [0, 0.1) is 5.92 Å². The van der Waals surface area contributed by atoms with E-state index >= 15 is 0 Å². The molecule has 19 heavy (non-hydrogen) atoms. The molecule has 1 saturated carbocycles. The summed E-state index contributed by atoms with van der Waals surface area (Å²) < 4.78 is 0. The number of amides is 1. The molecule has 1 aromatic rings. The Balaban J connectivity index is 1.90. The van der Waals surface area contributed by atoms with E-state index in [1.165, 1.54) is 25.7 Å². The normalized spacial score (nSPS) is 15.7. The van der Waals surface area contributed by atoms with E-state index in [0.29, 0.717) is 11.3 Å². The monoisotopic (exact) mass is 262 g/mol. The molecule has 2 rings (SSSR count). The molecule has 1 heterocycles. The van der Waals surface area contributed by atoms with Crippen molar-refractivity contribution < 1.29 is 9.90 Å². The molecule has 0 saturated heterocycles. The van der Waals surface area contributed by atoms with E-state index in [0.717, 1.165) is 18.9 Å². The summed E-state index contributed by atoms with van der Waals surface area (Å²) in [6, 6.07) is 3.36. The number of aromatic nitrogens is 1. The van der Waals surface area contributed by atoms with Crippen LogP contribution in [0.25, 0.3) is 0 Å². The third-order valence-electron chi connectivity index (χ3n) is 3.92. The zero-order chi connectivity index (χ0) is 13.7. The Morgan fingerprint density at radius 3 is 2.89 bits per heavy atom. The lowest BCUT2D eigenvalue weighted by atomic mass is 10.0. The number of aliphatic hydroxyl groups is 1. The first-order chi connectivity index (χ1) is 9.20. The van der Waals surface area contributed by atoms with Gasteiger partial charge in [-0.15, -0.1) is 0 Å². The van der Waals surface area contributed by atoms with Gasteiger partial charge in [-0.2, -0.15) is 0 Å². The Morgan fingerprint density at radius 1 is 1.47 bits per heavy atom. The van der Waals surface area contributed by atoms with Gasteiger partial charge in [0.05, 0.1) is 12.3 Å². The molecule has 0 aromatic carbocycles. The van der Waals surface area contributed by atoms with Crippen LogP contribution in [0.4, 0.5) is 0 Å². The van der Waals surface area contributed by atoms with Gasteiger partial charge in [-0.3, -0.25) is 9.78 Å². The van der Waals surface area contributed by atoms with Gasteiger partial charge in [-0.25, -0.2) is 0 Å². The van der Waals surface area contributed by atoms with Crippen LogP contribution in [-0.4, -0.2) is 34.5 Å². The first-order valence-electron chi connectivity index (χ1n) is 7.02. The van der Waals surface area contributed by atoms with Crippen LogP contribution >= 0.6 is 0 Å². The minimum atomic E-state index is -0.132. The van der Waals surface area contributed by atoms with Gasteiger partial charge in [0.15, 0.2) is 0 Å². The molecule has 4 heteroatoms. The van der Waals surface area contributed by atoms with Gasteiger partial charge in [-0.1, -0.05) is 25.7 Å². The van der Waals surface area contributed by atoms with Gasteiger partial charge in [0, 0.05) is 25.4 Å². The average molecular weight is 262 g/mol. The summed E-state index contributed by atoms with van der Waals surface area (Å²) in [5.74, 6) is 0.802. The van der Waals surface area contributed by atoms with E-state index in [1.54, 1.807) is 23.2 Å². The number of hydrogen-bond acceptors (Lipinski definition) is 3. The number of nitrogens with zero attached hydrogens (tertiary/aromatic N) is 2. The molecule has 1 aliphatic carbocycles. The number of rotatable bonds is 5. The lowest BCUT2D eigenvalue weighted by Gasteiger charge is -2.19. The Hall–Kier alpha value is -1.42. The zero-order valence-corrected chi connectivity index (χ0v) is 11.5. The fraction of sp³-hybridized carbons (Fsp3) is 0.600. The van der Waals surface area contributed by atoms with Gasteiger partial charge >= 0.3 is 0 Å². The SMILES string of the molecule is CN(CCC1CCCC1)C(=O)c1ccnc(CO)c1. The van der Waals surface area contributed by atoms with Crippen LogP contribution < -0.4 is 0 Å². The second-order valence-corrected chi connectivity index (χ2v) is 5.36. The summed E-state index contributed by atoms with van der Waals surface area (Å²) in [5, 5.41) is 9.04. The van der Waals surface area contributed by atoms with Gasteiger partial charge < -0.3 is 10.0 Å². The van der Waals surface area contributed by atoms with Crippen molar-refractivity contribution in [2.75, 3.05) is 13.6 Å². The van der Waals surface area contributed by atoms with Gasteiger partial charge in [0.25, 0.3) is 5.91 Å². The minimum Gasteiger partial charge on any atom is -0.390 e. The molecule has 0 bridgehead atoms. The third-order valence-corrected chi connectivity index (χ3v) is 3.92. The predicted molar refractivity (Wildman–Crippen MR) is 73.7 cm³/mol. The Bertz CT molecular complexity index is 428. The molecule has 1 N–H and O–H groups in total. The second kappa shape index (κ2) is 6.66. The summed E-state index contributed by atoms with van der Waals surface area (Å²) in [5.41, 5.74) is 1.14. The molecular formula is C15H22N2O2. The van der Waals surface area contributed by atoms with Crippen LogP contribution in [0.3, 0.4) is 0 Å². The topological polar surface area (TPSA) is 53.4 Å². The van der Waals surface area contributed by atoms with Crippen molar-refractivity contribution >= 4 is 5.91 Å². The van der Waals surface area contributed by atoms with E-state index in [1.807, 2.05) is 7.05 Å². The minimum absolute atomic E-state index is 0.00935. The quantitative estimate of drug-likeness (QED) is 0.885. The van der Waals surface area contributed by atoms with Crippen molar-refractivity contribution in [1.82, 2.24) is 9.88 Å². The highest BCUT2D eigenvalue weighted by atomic mass is 16.3. The van der Waals surface area contributed by atoms with Crippen LogP contribution in [0.2, 0.25) is 0 Å². The lowest BCUT2D eigenvalue weighted by molar-refractivity contribution is 0.0787. The van der Waals surface area contributed by atoms with Gasteiger partial charge in [-0.05, 0) is 24.5 Å². The summed E-state index contributed by atoms with van der Waals surface area (Å²) in [6.45, 7) is 0.674. The maximum Gasteiger partial charge on any atom is 0.253 e. The standard InChI is InChI=1S/C15H22N2O2/c1-17(9-7-12-4-2-3-5-12)15(19)13-6-8-16-14(10-13)11-18/h6,8,10,12,18H,2-5,7,9,11H2,1H3. The molecule has 104 valence electrons. The molecule has 0 aliphatic heterocycles.